The molecule has 2 aromatic carbocycles. The highest BCUT2D eigenvalue weighted by Gasteiger charge is 2.35. The van der Waals surface area contributed by atoms with Crippen LogP contribution in [0.4, 0.5) is 0 Å². The predicted octanol–water partition coefficient (Wildman–Crippen LogP) is -1.43. The van der Waals surface area contributed by atoms with Crippen LogP contribution in [0.5, 0.6) is 0 Å². The van der Waals surface area contributed by atoms with Crippen molar-refractivity contribution >= 4 is 81.7 Å². The molecule has 0 saturated carbocycles. The van der Waals surface area contributed by atoms with Gasteiger partial charge in [-0.15, -0.1) is 0 Å². The number of nitriles is 1. The Labute approximate surface area is 450 Å². The van der Waals surface area contributed by atoms with Gasteiger partial charge in [0, 0.05) is 81.2 Å². The summed E-state index contributed by atoms with van der Waals surface area (Å²) in [6.45, 7) is 1.22. The van der Waals surface area contributed by atoms with Gasteiger partial charge in [0.15, 0.2) is 17.7 Å². The molecule has 0 unspecified atom stereocenters. The van der Waals surface area contributed by atoms with Gasteiger partial charge in [0.1, 0.15) is 30.0 Å². The van der Waals surface area contributed by atoms with Crippen LogP contribution >= 0.6 is 0 Å². The van der Waals surface area contributed by atoms with Crippen LogP contribution in [-0.4, -0.2) is 131 Å². The van der Waals surface area contributed by atoms with Crippen molar-refractivity contribution in [3.8, 4) is 6.07 Å². The number of nitrogens with two attached hydrogens (primary N) is 5. The zero-order chi connectivity index (χ0) is 57.3. The van der Waals surface area contributed by atoms with Gasteiger partial charge in [-0.25, -0.2) is 4.79 Å². The lowest BCUT2D eigenvalue weighted by Crippen LogP contribution is -2.58. The number of para-hydroxylation sites is 1. The van der Waals surface area contributed by atoms with Crippen LogP contribution in [0.25, 0.3) is 10.9 Å². The normalized spacial score (nSPS) is 20.8. The molecule has 26 nitrogen and oxygen atoms in total. The first kappa shape index (κ1) is 61.7. The molecule has 78 heavy (non-hydrogen) atoms. The SMILES string of the molecule is CC(=O)N[C@@H](CCCN=C(N)N)C(=O)N[C@H]1CCC(=O)NCCC[C@@H](C(=O)O)NC(=O)[C@H](Cc2c[nH]c3ccccc23)CC(=O)[C@H](CCCN=C(N)N)CC(=O)[C@@H](Cc2ccc(C#N)cc2)NC(=O)[C@H](CCC(N)=O)NC1=O. The number of carbonyl (C=O) groups is 10. The molecule has 0 bridgehead atoms. The van der Waals surface area contributed by atoms with E-state index in [9.17, 15) is 58.3 Å². The van der Waals surface area contributed by atoms with Gasteiger partial charge in [-0.3, -0.25) is 53.1 Å². The number of nitrogens with one attached hydrogen (secondary N) is 7. The first-order valence-corrected chi connectivity index (χ1v) is 25.6. The number of fused-ring (bicyclic) bond motifs is 1. The van der Waals surface area contributed by atoms with Crippen LogP contribution in [0.2, 0.25) is 0 Å². The zero-order valence-corrected chi connectivity index (χ0v) is 43.5. The number of carboxylic acids is 1. The van der Waals surface area contributed by atoms with E-state index >= 15 is 0 Å². The smallest absolute Gasteiger partial charge is 0.326 e. The minimum atomic E-state index is -1.61. The Balaban J connectivity index is 1.81. The number of H-pyrrole nitrogens is 1. The lowest BCUT2D eigenvalue weighted by molar-refractivity contribution is -0.143. The Kier molecular flexibility index (Phi) is 24.7. The largest absolute Gasteiger partial charge is 0.480 e. The average molecular weight is 1080 g/mol. The van der Waals surface area contributed by atoms with Crippen molar-refractivity contribution < 1.29 is 53.1 Å². The Hall–Kier alpha value is -8.89. The molecule has 1 aromatic heterocycles. The van der Waals surface area contributed by atoms with Crippen LogP contribution in [0.1, 0.15) is 101 Å². The van der Waals surface area contributed by atoms with E-state index in [1.54, 1.807) is 24.4 Å². The summed E-state index contributed by atoms with van der Waals surface area (Å²) in [5.41, 5.74) is 29.7. The average Bonchev–Trinajstić information content (AvgIpc) is 3.81. The van der Waals surface area contributed by atoms with Crippen molar-refractivity contribution in [1.29, 1.82) is 5.26 Å². The summed E-state index contributed by atoms with van der Waals surface area (Å²) in [5, 5.41) is 36.0. The van der Waals surface area contributed by atoms with Crippen molar-refractivity contribution in [2.75, 3.05) is 19.6 Å². The summed E-state index contributed by atoms with van der Waals surface area (Å²) in [6.07, 6.45) is -0.876. The molecule has 1 aliphatic rings. The van der Waals surface area contributed by atoms with E-state index in [4.69, 9.17) is 28.7 Å². The van der Waals surface area contributed by atoms with E-state index in [1.165, 1.54) is 19.1 Å². The summed E-state index contributed by atoms with van der Waals surface area (Å²) >= 11 is 0. The van der Waals surface area contributed by atoms with Crippen molar-refractivity contribution in [2.45, 2.75) is 127 Å². The highest BCUT2D eigenvalue weighted by atomic mass is 16.4. The van der Waals surface area contributed by atoms with Crippen LogP contribution in [0, 0.1) is 23.2 Å². The number of nitrogens with zero attached hydrogens (tertiary/aromatic N) is 3. The molecule has 3 aromatic rings. The highest BCUT2D eigenvalue weighted by Crippen LogP contribution is 2.26. The molecule has 7 atom stereocenters. The van der Waals surface area contributed by atoms with Gasteiger partial charge in [0.25, 0.3) is 0 Å². The number of hydrogen-bond acceptors (Lipinski definition) is 13. The molecule has 1 fully saturated rings. The number of primary amides is 1. The molecular formula is C52H71N15O11. The van der Waals surface area contributed by atoms with E-state index in [-0.39, 0.29) is 82.9 Å². The van der Waals surface area contributed by atoms with Crippen LogP contribution in [-0.2, 0) is 60.8 Å². The predicted molar refractivity (Wildman–Crippen MR) is 286 cm³/mol. The Morgan fingerprint density at radius 3 is 2.10 bits per heavy atom. The van der Waals surface area contributed by atoms with Crippen molar-refractivity contribution in [3.63, 3.8) is 0 Å². The zero-order valence-electron chi connectivity index (χ0n) is 43.5. The molecule has 0 aliphatic carbocycles. The number of guanidine groups is 2. The van der Waals surface area contributed by atoms with Crippen LogP contribution in [0.3, 0.4) is 0 Å². The molecule has 1 saturated heterocycles. The lowest BCUT2D eigenvalue weighted by Gasteiger charge is -2.27. The number of carbonyl (C=O) groups excluding carboxylic acids is 9. The number of rotatable bonds is 19. The van der Waals surface area contributed by atoms with Crippen molar-refractivity contribution in [2.24, 2.45) is 50.5 Å². The molecule has 1 aliphatic heterocycles. The molecule has 420 valence electrons. The molecule has 7 amide bonds. The van der Waals surface area contributed by atoms with E-state index < -0.39 is 139 Å². The maximum Gasteiger partial charge on any atom is 0.326 e. The molecule has 26 heteroatoms. The molecule has 4 rings (SSSR count). The third-order valence-corrected chi connectivity index (χ3v) is 12.9. The number of Topliss-reactive ketones (excluding diaryl/α,β-unsaturated/α-hetero) is 2. The second-order valence-electron chi connectivity index (χ2n) is 19.1. The minimum absolute atomic E-state index is 0.000575. The van der Waals surface area contributed by atoms with Crippen LogP contribution in [0.15, 0.2) is 64.7 Å². The minimum Gasteiger partial charge on any atom is -0.480 e. The van der Waals surface area contributed by atoms with E-state index in [0.717, 1.165) is 10.9 Å². The van der Waals surface area contributed by atoms with E-state index in [0.29, 0.717) is 16.7 Å². The topological polar surface area (TPSA) is 458 Å². The molecule has 0 spiro atoms. The number of ketones is 2. The van der Waals surface area contributed by atoms with E-state index in [1.807, 2.05) is 24.3 Å². The standard InChI is InChI=1S/C52H71N15O11/c1-29(68)63-37(10-5-22-61-52(57)58)47(74)65-39-17-19-45(72)59-20-6-11-40(50(77)78)66-46(73)33(24-34-28-62-36-9-3-2-8-35(34)36)26-42(69)32(7-4-21-60-51(55)56)25-43(70)41(23-30-12-14-31(27-53)15-13-30)67-49(76)38(64-48(39)75)16-18-44(54)71/h2-3,8-9,12-15,28,32-33,37-41,62H,4-7,10-11,16-26H2,1H3,(H2,54,71)(H,59,72)(H,63,68)(H,64,75)(H,65,74)(H,66,73)(H,67,76)(H,77,78)(H4,55,56,60)(H4,57,58,61)/t32-,33-,37+,38+,39+,40+,41-/m1/s1. The monoisotopic (exact) mass is 1080 g/mol. The Morgan fingerprint density at radius 1 is 0.782 bits per heavy atom. The quantitative estimate of drug-likeness (QED) is 0.0372. The summed E-state index contributed by atoms with van der Waals surface area (Å²) in [7, 11) is 0. The number of aromatic amines is 1. The summed E-state index contributed by atoms with van der Waals surface area (Å²) in [6, 6.07) is 8.06. The lowest BCUT2D eigenvalue weighted by atomic mass is 9.83. The summed E-state index contributed by atoms with van der Waals surface area (Å²) in [5.74, 6) is -11.0. The van der Waals surface area contributed by atoms with Gasteiger partial charge in [0.05, 0.1) is 17.7 Å². The first-order valence-electron chi connectivity index (χ1n) is 25.6. The number of aromatic nitrogens is 1. The Bertz CT molecular complexity index is 2730. The number of aliphatic carboxylic acids is 1. The fourth-order valence-corrected chi connectivity index (χ4v) is 8.84. The molecule has 2 heterocycles. The van der Waals surface area contributed by atoms with Gasteiger partial charge in [-0.1, -0.05) is 30.3 Å². The van der Waals surface area contributed by atoms with Crippen molar-refractivity contribution in [1.82, 2.24) is 36.9 Å². The van der Waals surface area contributed by atoms with Crippen LogP contribution < -0.4 is 60.6 Å². The van der Waals surface area contributed by atoms with Gasteiger partial charge < -0.3 is 70.7 Å². The first-order chi connectivity index (χ1) is 37.1. The van der Waals surface area contributed by atoms with E-state index in [2.05, 4.69) is 46.9 Å². The fraction of sp³-hybridized carbons (Fsp3) is 0.481. The summed E-state index contributed by atoms with van der Waals surface area (Å²) in [4.78, 5) is 148. The van der Waals surface area contributed by atoms with Gasteiger partial charge in [-0.05, 0) is 93.5 Å². The highest BCUT2D eigenvalue weighted by molar-refractivity contribution is 5.98. The fourth-order valence-electron chi connectivity index (χ4n) is 8.84. The Morgan fingerprint density at radius 2 is 1.45 bits per heavy atom. The molecule has 18 N–H and O–H groups in total. The third-order valence-electron chi connectivity index (χ3n) is 12.9. The number of aliphatic imine (C=N–C) groups is 2. The van der Waals surface area contributed by atoms with Gasteiger partial charge >= 0.3 is 5.97 Å². The number of hydrogen-bond donors (Lipinski definition) is 13. The molecule has 0 radical (unpaired) electrons. The third kappa shape index (κ3) is 21.0. The van der Waals surface area contributed by atoms with Gasteiger partial charge in [0.2, 0.25) is 41.4 Å². The number of amides is 7. The molecular weight excluding hydrogens is 1010 g/mol. The van der Waals surface area contributed by atoms with Gasteiger partial charge in [-0.2, -0.15) is 5.26 Å². The summed E-state index contributed by atoms with van der Waals surface area (Å²) < 4.78 is 0. The second kappa shape index (κ2) is 31.2. The van der Waals surface area contributed by atoms with Crippen molar-refractivity contribution in [3.05, 3.63) is 71.4 Å². The number of carboxylic acid groups (broad SMARTS) is 1. The second-order valence-corrected chi connectivity index (χ2v) is 19.1. The maximum atomic E-state index is 14.8. The number of benzene rings is 2. The maximum absolute atomic E-state index is 14.8.